The standard InChI is InChI=1S/C15H23N3O3/c1-10(2)18-3-4-20-14(8-18)9-21-15(19)11-5-12(16)7-13(17)6-11/h5-7,10,14H,3-4,8-9,16-17H2,1-2H3. The molecule has 6 nitrogen and oxygen atoms in total. The number of benzene rings is 1. The average molecular weight is 293 g/mol. The summed E-state index contributed by atoms with van der Waals surface area (Å²) in [6.45, 7) is 6.86. The fourth-order valence-corrected chi connectivity index (χ4v) is 2.36. The van der Waals surface area contributed by atoms with E-state index in [2.05, 4.69) is 18.7 Å². The molecule has 1 aliphatic rings. The van der Waals surface area contributed by atoms with Crippen molar-refractivity contribution < 1.29 is 14.3 Å². The van der Waals surface area contributed by atoms with Gasteiger partial charge >= 0.3 is 5.97 Å². The van der Waals surface area contributed by atoms with E-state index in [0.717, 1.165) is 13.1 Å². The molecule has 2 rings (SSSR count). The van der Waals surface area contributed by atoms with Gasteiger partial charge in [0.2, 0.25) is 0 Å². The number of nitrogen functional groups attached to an aromatic ring is 2. The third-order valence-electron chi connectivity index (χ3n) is 3.51. The predicted octanol–water partition coefficient (Wildman–Crippen LogP) is 1.12. The zero-order valence-corrected chi connectivity index (χ0v) is 12.5. The minimum atomic E-state index is -0.431. The number of rotatable bonds is 4. The van der Waals surface area contributed by atoms with E-state index in [4.69, 9.17) is 20.9 Å². The molecule has 0 bridgehead atoms. The van der Waals surface area contributed by atoms with Gasteiger partial charge in [0.05, 0.1) is 12.2 Å². The number of carbonyl (C=O) groups is 1. The average Bonchev–Trinajstić information content (AvgIpc) is 2.44. The highest BCUT2D eigenvalue weighted by molar-refractivity contribution is 5.91. The first-order valence-corrected chi connectivity index (χ1v) is 7.14. The lowest BCUT2D eigenvalue weighted by Crippen LogP contribution is -2.47. The van der Waals surface area contributed by atoms with Crippen molar-refractivity contribution in [1.29, 1.82) is 0 Å². The van der Waals surface area contributed by atoms with E-state index in [1.54, 1.807) is 18.2 Å². The summed E-state index contributed by atoms with van der Waals surface area (Å²) in [4.78, 5) is 14.3. The van der Waals surface area contributed by atoms with E-state index in [9.17, 15) is 4.79 Å². The number of anilines is 2. The molecular weight excluding hydrogens is 270 g/mol. The van der Waals surface area contributed by atoms with E-state index < -0.39 is 5.97 Å². The molecule has 4 N–H and O–H groups in total. The molecule has 0 spiro atoms. The Morgan fingerprint density at radius 1 is 1.38 bits per heavy atom. The Hall–Kier alpha value is -1.79. The van der Waals surface area contributed by atoms with E-state index in [-0.39, 0.29) is 12.7 Å². The minimum Gasteiger partial charge on any atom is -0.459 e. The van der Waals surface area contributed by atoms with E-state index >= 15 is 0 Å². The van der Waals surface area contributed by atoms with Crippen LogP contribution in [0.25, 0.3) is 0 Å². The van der Waals surface area contributed by atoms with Gasteiger partial charge in [0.25, 0.3) is 0 Å². The summed E-state index contributed by atoms with van der Waals surface area (Å²) in [5.41, 5.74) is 12.6. The Bertz CT molecular complexity index is 485. The van der Waals surface area contributed by atoms with Crippen molar-refractivity contribution in [3.8, 4) is 0 Å². The normalized spacial score (nSPS) is 19.7. The predicted molar refractivity (Wildman–Crippen MR) is 82.0 cm³/mol. The molecule has 0 saturated carbocycles. The second kappa shape index (κ2) is 6.78. The van der Waals surface area contributed by atoms with Crippen molar-refractivity contribution in [2.24, 2.45) is 0 Å². The van der Waals surface area contributed by atoms with Crippen LogP contribution >= 0.6 is 0 Å². The summed E-state index contributed by atoms with van der Waals surface area (Å²) in [7, 11) is 0. The summed E-state index contributed by atoms with van der Waals surface area (Å²) in [6, 6.07) is 5.17. The highest BCUT2D eigenvalue weighted by Crippen LogP contribution is 2.15. The van der Waals surface area contributed by atoms with Crippen LogP contribution in [0.15, 0.2) is 18.2 Å². The van der Waals surface area contributed by atoms with E-state index in [1.165, 1.54) is 0 Å². The lowest BCUT2D eigenvalue weighted by atomic mass is 10.2. The van der Waals surface area contributed by atoms with Crippen molar-refractivity contribution >= 4 is 17.3 Å². The van der Waals surface area contributed by atoms with Crippen LogP contribution in [0.2, 0.25) is 0 Å². The molecule has 0 aromatic heterocycles. The fraction of sp³-hybridized carbons (Fsp3) is 0.533. The lowest BCUT2D eigenvalue weighted by Gasteiger charge is -2.35. The van der Waals surface area contributed by atoms with Crippen molar-refractivity contribution in [3.63, 3.8) is 0 Å². The number of ether oxygens (including phenoxy) is 2. The number of nitrogens with zero attached hydrogens (tertiary/aromatic N) is 1. The van der Waals surface area contributed by atoms with Crippen LogP contribution in [0, 0.1) is 0 Å². The molecule has 0 radical (unpaired) electrons. The number of esters is 1. The third-order valence-corrected chi connectivity index (χ3v) is 3.51. The molecule has 1 aliphatic heterocycles. The first kappa shape index (κ1) is 15.6. The zero-order valence-electron chi connectivity index (χ0n) is 12.5. The van der Waals surface area contributed by atoms with Crippen LogP contribution in [0.3, 0.4) is 0 Å². The monoisotopic (exact) mass is 293 g/mol. The van der Waals surface area contributed by atoms with Crippen LogP contribution in [-0.4, -0.2) is 49.3 Å². The van der Waals surface area contributed by atoms with Gasteiger partial charge in [0.1, 0.15) is 12.7 Å². The van der Waals surface area contributed by atoms with Crippen molar-refractivity contribution in [3.05, 3.63) is 23.8 Å². The maximum Gasteiger partial charge on any atom is 0.338 e. The Labute approximate surface area is 125 Å². The van der Waals surface area contributed by atoms with Crippen LogP contribution < -0.4 is 11.5 Å². The largest absolute Gasteiger partial charge is 0.459 e. The van der Waals surface area contributed by atoms with E-state index in [1.807, 2.05) is 0 Å². The van der Waals surface area contributed by atoms with Crippen LogP contribution in [0.1, 0.15) is 24.2 Å². The van der Waals surface area contributed by atoms with Crippen LogP contribution in [-0.2, 0) is 9.47 Å². The zero-order chi connectivity index (χ0) is 15.4. The molecule has 1 aromatic rings. The maximum atomic E-state index is 12.0. The molecule has 1 aromatic carbocycles. The summed E-state index contributed by atoms with van der Waals surface area (Å²) >= 11 is 0. The van der Waals surface area contributed by atoms with Gasteiger partial charge in [0, 0.05) is 30.5 Å². The summed E-state index contributed by atoms with van der Waals surface area (Å²) < 4.78 is 10.9. The second-order valence-corrected chi connectivity index (χ2v) is 5.57. The first-order chi connectivity index (χ1) is 9.95. The molecule has 1 fully saturated rings. The van der Waals surface area contributed by atoms with Gasteiger partial charge in [-0.15, -0.1) is 0 Å². The van der Waals surface area contributed by atoms with Gasteiger partial charge in [-0.05, 0) is 32.0 Å². The smallest absolute Gasteiger partial charge is 0.338 e. The second-order valence-electron chi connectivity index (χ2n) is 5.57. The summed E-state index contributed by atoms with van der Waals surface area (Å²) in [5, 5.41) is 0. The number of carbonyl (C=O) groups excluding carboxylic acids is 1. The summed E-state index contributed by atoms with van der Waals surface area (Å²) in [6.07, 6.45) is -0.0940. The fourth-order valence-electron chi connectivity index (χ4n) is 2.36. The van der Waals surface area contributed by atoms with Crippen molar-refractivity contribution in [2.45, 2.75) is 26.0 Å². The molecular formula is C15H23N3O3. The maximum absolute atomic E-state index is 12.0. The van der Waals surface area contributed by atoms with E-state index in [0.29, 0.717) is 29.6 Å². The molecule has 1 atom stereocenters. The molecule has 1 saturated heterocycles. The molecule has 21 heavy (non-hydrogen) atoms. The minimum absolute atomic E-state index is 0.0940. The van der Waals surface area contributed by atoms with Crippen LogP contribution in [0.4, 0.5) is 11.4 Å². The Morgan fingerprint density at radius 2 is 2.05 bits per heavy atom. The SMILES string of the molecule is CC(C)N1CCOC(COC(=O)c2cc(N)cc(N)c2)C1. The topological polar surface area (TPSA) is 90.8 Å². The highest BCUT2D eigenvalue weighted by atomic mass is 16.6. The molecule has 6 heteroatoms. The quantitative estimate of drug-likeness (QED) is 0.638. The van der Waals surface area contributed by atoms with Gasteiger partial charge < -0.3 is 20.9 Å². The number of hydrogen-bond donors (Lipinski definition) is 2. The molecule has 0 aliphatic carbocycles. The van der Waals surface area contributed by atoms with Gasteiger partial charge in [-0.25, -0.2) is 4.79 Å². The number of hydrogen-bond acceptors (Lipinski definition) is 6. The third kappa shape index (κ3) is 4.34. The van der Waals surface area contributed by atoms with Gasteiger partial charge in [0.15, 0.2) is 0 Å². The van der Waals surface area contributed by atoms with Gasteiger partial charge in [-0.2, -0.15) is 0 Å². The Kier molecular flexibility index (Phi) is 5.03. The van der Waals surface area contributed by atoms with Crippen molar-refractivity contribution in [1.82, 2.24) is 4.90 Å². The first-order valence-electron chi connectivity index (χ1n) is 7.14. The molecule has 116 valence electrons. The lowest BCUT2D eigenvalue weighted by molar-refractivity contribution is -0.0662. The van der Waals surface area contributed by atoms with Crippen molar-refractivity contribution in [2.75, 3.05) is 37.8 Å². The summed E-state index contributed by atoms with van der Waals surface area (Å²) in [5.74, 6) is -0.431. The number of morpholine rings is 1. The molecule has 0 amide bonds. The van der Waals surface area contributed by atoms with Gasteiger partial charge in [-0.3, -0.25) is 4.90 Å². The molecule has 1 unspecified atom stereocenters. The highest BCUT2D eigenvalue weighted by Gasteiger charge is 2.23. The van der Waals surface area contributed by atoms with Crippen LogP contribution in [0.5, 0.6) is 0 Å². The Morgan fingerprint density at radius 3 is 2.67 bits per heavy atom. The van der Waals surface area contributed by atoms with Gasteiger partial charge in [-0.1, -0.05) is 0 Å². The molecule has 1 heterocycles. The number of nitrogens with two attached hydrogens (primary N) is 2. The Balaban J connectivity index is 1.89.